The van der Waals surface area contributed by atoms with E-state index in [4.69, 9.17) is 0 Å². The van der Waals surface area contributed by atoms with E-state index in [2.05, 4.69) is 30.6 Å². The Labute approximate surface area is 118 Å². The number of nitrogens with zero attached hydrogens (tertiary/aromatic N) is 1. The first-order chi connectivity index (χ1) is 8.53. The Bertz CT molecular complexity index is 633. The number of halogens is 1. The number of hydrogen-bond donors (Lipinski definition) is 2. The van der Waals surface area contributed by atoms with Crippen LogP contribution >= 0.6 is 27.3 Å². The monoisotopic (exact) mass is 349 g/mol. The van der Waals surface area contributed by atoms with Crippen molar-refractivity contribution in [3.05, 3.63) is 32.8 Å². The van der Waals surface area contributed by atoms with Crippen LogP contribution in [0.5, 0.6) is 0 Å². The first-order valence-corrected chi connectivity index (χ1v) is 8.44. The van der Waals surface area contributed by atoms with E-state index in [0.717, 1.165) is 9.35 Å². The molecule has 98 valence electrons. The van der Waals surface area contributed by atoms with Gasteiger partial charge in [0.15, 0.2) is 5.03 Å². The van der Waals surface area contributed by atoms with E-state index >= 15 is 0 Å². The fourth-order valence-electron chi connectivity index (χ4n) is 1.35. The van der Waals surface area contributed by atoms with E-state index in [1.54, 1.807) is 0 Å². The molecule has 8 heteroatoms. The molecule has 0 aliphatic rings. The quantitative estimate of drug-likeness (QED) is 0.869. The second-order valence-corrected chi connectivity index (χ2v) is 7.15. The van der Waals surface area contributed by atoms with Crippen molar-refractivity contribution in [2.45, 2.75) is 24.9 Å². The van der Waals surface area contributed by atoms with Crippen LogP contribution in [0.3, 0.4) is 0 Å². The highest BCUT2D eigenvalue weighted by Crippen LogP contribution is 2.22. The van der Waals surface area contributed by atoms with Gasteiger partial charge in [0.2, 0.25) is 0 Å². The number of nitrogens with one attached hydrogen (secondary N) is 2. The van der Waals surface area contributed by atoms with Crippen molar-refractivity contribution in [3.8, 4) is 0 Å². The van der Waals surface area contributed by atoms with E-state index in [-0.39, 0.29) is 11.6 Å². The molecule has 0 bridgehead atoms. The predicted octanol–water partition coefficient (Wildman–Crippen LogP) is 2.27. The van der Waals surface area contributed by atoms with Crippen LogP contribution in [0.4, 0.5) is 0 Å². The van der Waals surface area contributed by atoms with Crippen LogP contribution < -0.4 is 4.72 Å². The molecule has 0 saturated heterocycles. The number of rotatable bonds is 5. The second-order valence-electron chi connectivity index (χ2n) is 3.56. The van der Waals surface area contributed by atoms with Gasteiger partial charge in [0.05, 0.1) is 6.20 Å². The van der Waals surface area contributed by atoms with Crippen molar-refractivity contribution in [1.29, 1.82) is 0 Å². The summed E-state index contributed by atoms with van der Waals surface area (Å²) in [7, 11) is -3.52. The molecule has 2 aromatic heterocycles. The van der Waals surface area contributed by atoms with Gasteiger partial charge in [-0.1, -0.05) is 6.92 Å². The van der Waals surface area contributed by atoms with E-state index in [1.807, 2.05) is 18.4 Å². The van der Waals surface area contributed by atoms with Crippen LogP contribution in [-0.4, -0.2) is 18.4 Å². The second kappa shape index (κ2) is 5.52. The molecule has 0 unspecified atom stereocenters. The number of aryl methyl sites for hydroxylation is 1. The topological polar surface area (TPSA) is 74.8 Å². The zero-order valence-electron chi connectivity index (χ0n) is 9.60. The minimum Gasteiger partial charge on any atom is -0.332 e. The fourth-order valence-corrected chi connectivity index (χ4v) is 3.81. The highest BCUT2D eigenvalue weighted by atomic mass is 79.9. The molecular formula is C10H12BrN3O2S2. The maximum Gasteiger partial charge on any atom is 0.257 e. The molecular weight excluding hydrogens is 338 g/mol. The number of sulfonamides is 1. The van der Waals surface area contributed by atoms with Crippen molar-refractivity contribution in [2.75, 3.05) is 0 Å². The van der Waals surface area contributed by atoms with E-state index in [1.165, 1.54) is 17.5 Å². The number of aromatic nitrogens is 2. The number of imidazole rings is 1. The summed E-state index contributed by atoms with van der Waals surface area (Å²) in [6, 6.07) is 1.89. The summed E-state index contributed by atoms with van der Waals surface area (Å²) in [4.78, 5) is 7.70. The highest BCUT2D eigenvalue weighted by Gasteiger charge is 2.17. The Morgan fingerprint density at radius 2 is 2.33 bits per heavy atom. The van der Waals surface area contributed by atoms with Gasteiger partial charge < -0.3 is 4.98 Å². The third-order valence-corrected chi connectivity index (χ3v) is 5.58. The summed E-state index contributed by atoms with van der Waals surface area (Å²) in [5.74, 6) is 0.660. The van der Waals surface area contributed by atoms with Crippen molar-refractivity contribution >= 4 is 37.3 Å². The predicted molar refractivity (Wildman–Crippen MR) is 74.0 cm³/mol. The lowest BCUT2D eigenvalue weighted by Gasteiger charge is -2.03. The lowest BCUT2D eigenvalue weighted by molar-refractivity contribution is 0.578. The number of thiophene rings is 1. The summed E-state index contributed by atoms with van der Waals surface area (Å²) >= 11 is 4.86. The third kappa shape index (κ3) is 3.00. The summed E-state index contributed by atoms with van der Waals surface area (Å²) in [6.07, 6.45) is 2.01. The first kappa shape index (κ1) is 13.7. The van der Waals surface area contributed by atoms with Crippen LogP contribution in [0.15, 0.2) is 27.1 Å². The van der Waals surface area contributed by atoms with Crippen LogP contribution in [0.25, 0.3) is 0 Å². The Hall–Kier alpha value is -0.700. The minimum absolute atomic E-state index is 0.104. The SMILES string of the molecule is CCc1ncc(S(=O)(=O)NCc2sccc2Br)[nH]1. The van der Waals surface area contributed by atoms with Crippen molar-refractivity contribution in [3.63, 3.8) is 0 Å². The van der Waals surface area contributed by atoms with Gasteiger partial charge in [0, 0.05) is 22.3 Å². The Kier molecular flexibility index (Phi) is 4.21. The summed E-state index contributed by atoms with van der Waals surface area (Å²) in [6.45, 7) is 2.17. The van der Waals surface area contributed by atoms with Gasteiger partial charge in [-0.3, -0.25) is 0 Å². The van der Waals surface area contributed by atoms with Crippen molar-refractivity contribution < 1.29 is 8.42 Å². The zero-order chi connectivity index (χ0) is 13.2. The van der Waals surface area contributed by atoms with Gasteiger partial charge in [-0.15, -0.1) is 11.3 Å². The van der Waals surface area contributed by atoms with Crippen molar-refractivity contribution in [2.24, 2.45) is 0 Å². The molecule has 0 aliphatic carbocycles. The number of hydrogen-bond acceptors (Lipinski definition) is 4. The lowest BCUT2D eigenvalue weighted by atomic mass is 10.5. The van der Waals surface area contributed by atoms with Gasteiger partial charge in [0.1, 0.15) is 5.82 Å². The number of aromatic amines is 1. The van der Waals surface area contributed by atoms with Crippen LogP contribution in [0.2, 0.25) is 0 Å². The van der Waals surface area contributed by atoms with Gasteiger partial charge >= 0.3 is 0 Å². The first-order valence-electron chi connectivity index (χ1n) is 5.28. The summed E-state index contributed by atoms with van der Waals surface area (Å²) < 4.78 is 27.4. The molecule has 0 atom stereocenters. The molecule has 0 spiro atoms. The fraction of sp³-hybridized carbons (Fsp3) is 0.300. The molecule has 5 nitrogen and oxygen atoms in total. The minimum atomic E-state index is -3.52. The maximum absolute atomic E-state index is 12.0. The van der Waals surface area contributed by atoms with Crippen molar-refractivity contribution in [1.82, 2.24) is 14.7 Å². The molecule has 2 aromatic rings. The van der Waals surface area contributed by atoms with E-state index in [0.29, 0.717) is 12.2 Å². The van der Waals surface area contributed by atoms with E-state index in [9.17, 15) is 8.42 Å². The molecule has 0 radical (unpaired) electrons. The smallest absolute Gasteiger partial charge is 0.257 e. The lowest BCUT2D eigenvalue weighted by Crippen LogP contribution is -2.23. The third-order valence-electron chi connectivity index (χ3n) is 2.34. The van der Waals surface area contributed by atoms with Gasteiger partial charge in [-0.2, -0.15) is 0 Å². The summed E-state index contributed by atoms with van der Waals surface area (Å²) in [5, 5.41) is 2.01. The molecule has 0 aliphatic heterocycles. The Morgan fingerprint density at radius 3 is 2.89 bits per heavy atom. The number of H-pyrrole nitrogens is 1. The molecule has 0 saturated carbocycles. The Morgan fingerprint density at radius 1 is 1.56 bits per heavy atom. The average molecular weight is 350 g/mol. The van der Waals surface area contributed by atoms with Crippen LogP contribution in [0.1, 0.15) is 17.6 Å². The molecule has 2 rings (SSSR count). The average Bonchev–Trinajstić information content (AvgIpc) is 2.95. The molecule has 0 amide bonds. The standard InChI is InChI=1S/C10H12BrN3O2S2/c1-2-9-12-6-10(14-9)18(15,16)13-5-8-7(11)3-4-17-8/h3-4,6,13H,2,5H2,1H3,(H,12,14). The molecule has 0 fully saturated rings. The van der Waals surface area contributed by atoms with Gasteiger partial charge in [0.25, 0.3) is 10.0 Å². The van der Waals surface area contributed by atoms with Crippen LogP contribution in [0, 0.1) is 0 Å². The molecule has 2 heterocycles. The van der Waals surface area contributed by atoms with Gasteiger partial charge in [-0.25, -0.2) is 18.1 Å². The van der Waals surface area contributed by atoms with E-state index < -0.39 is 10.0 Å². The van der Waals surface area contributed by atoms with Crippen LogP contribution in [-0.2, 0) is 23.0 Å². The molecule has 2 N–H and O–H groups in total. The highest BCUT2D eigenvalue weighted by molar-refractivity contribution is 9.10. The van der Waals surface area contributed by atoms with Gasteiger partial charge in [-0.05, 0) is 27.4 Å². The molecule has 0 aromatic carbocycles. The summed E-state index contributed by atoms with van der Waals surface area (Å²) in [5.41, 5.74) is 0. The zero-order valence-corrected chi connectivity index (χ0v) is 12.8. The Balaban J connectivity index is 2.10. The maximum atomic E-state index is 12.0. The largest absolute Gasteiger partial charge is 0.332 e. The molecule has 18 heavy (non-hydrogen) atoms. The normalized spacial score (nSPS) is 11.9.